The van der Waals surface area contributed by atoms with Crippen molar-refractivity contribution in [1.29, 1.82) is 0 Å². The average Bonchev–Trinajstić information content (AvgIpc) is 2.51. The number of hydrogen-bond acceptors (Lipinski definition) is 3. The fourth-order valence-electron chi connectivity index (χ4n) is 4.72. The van der Waals surface area contributed by atoms with Gasteiger partial charge in [-0.25, -0.2) is 0 Å². The second kappa shape index (κ2) is 9.70. The van der Waals surface area contributed by atoms with Crippen LogP contribution in [0.2, 0.25) is 0 Å². The van der Waals surface area contributed by atoms with Gasteiger partial charge in [-0.1, -0.05) is 20.8 Å². The van der Waals surface area contributed by atoms with Gasteiger partial charge in [0.1, 0.15) is 0 Å². The van der Waals surface area contributed by atoms with Crippen LogP contribution in [0.15, 0.2) is 12.1 Å². The average molecular weight is 386 g/mol. The van der Waals surface area contributed by atoms with E-state index in [0.29, 0.717) is 17.2 Å². The van der Waals surface area contributed by atoms with E-state index in [1.165, 1.54) is 24.8 Å². The second-order valence-electron chi connectivity index (χ2n) is 8.58. The topological polar surface area (TPSA) is 44.3 Å². The molecule has 0 heterocycles. The van der Waals surface area contributed by atoms with E-state index in [1.54, 1.807) is 21.3 Å². The number of nitrogens with two attached hydrogens (primary N) is 1. The van der Waals surface area contributed by atoms with Crippen LogP contribution in [0, 0.1) is 11.3 Å². The van der Waals surface area contributed by atoms with Crippen molar-refractivity contribution >= 4 is 0 Å². The predicted molar refractivity (Wildman–Crippen MR) is 102 cm³/mol. The van der Waals surface area contributed by atoms with Gasteiger partial charge in [-0.05, 0) is 42.4 Å². The third-order valence-electron chi connectivity index (χ3n) is 5.30. The van der Waals surface area contributed by atoms with Crippen LogP contribution in [0.5, 0.6) is 17.2 Å². The third kappa shape index (κ3) is 5.95. The fourth-order valence-corrected chi connectivity index (χ4v) is 4.72. The predicted octanol–water partition coefficient (Wildman–Crippen LogP) is 0.426. The first-order valence-corrected chi connectivity index (χ1v) is 9.42. The summed E-state index contributed by atoms with van der Waals surface area (Å²) in [7, 11) is 4.98. The first-order chi connectivity index (χ1) is 11.8. The Hall–Kier alpha value is -1.13. The Morgan fingerprint density at radius 1 is 1.08 bits per heavy atom. The summed E-state index contributed by atoms with van der Waals surface area (Å²) in [6.45, 7) is 9.53. The van der Waals surface area contributed by atoms with Gasteiger partial charge >= 0.3 is 0 Å². The molecule has 1 aliphatic carbocycles. The number of halogens is 1. The number of quaternary nitrogens is 1. The van der Waals surface area contributed by atoms with Crippen molar-refractivity contribution in [2.24, 2.45) is 11.3 Å². The van der Waals surface area contributed by atoms with Crippen molar-refractivity contribution in [3.63, 3.8) is 0 Å². The summed E-state index contributed by atoms with van der Waals surface area (Å²) in [5, 5.41) is 2.57. The summed E-state index contributed by atoms with van der Waals surface area (Å²) in [5.41, 5.74) is 1.69. The van der Waals surface area contributed by atoms with Gasteiger partial charge in [-0.3, -0.25) is 0 Å². The number of benzene rings is 1. The standard InChI is InChI=1S/C21H35NO3.ClH/c1-14-8-17(13-21(3,4)12-14)22-15(2)9-16-10-18(23-5)20(25-7)19(11-16)24-6;/h10-11,14-15,17,22H,8-9,12-13H2,1-7H3;1H. The van der Waals surface area contributed by atoms with Gasteiger partial charge < -0.3 is 31.9 Å². The van der Waals surface area contributed by atoms with E-state index in [0.717, 1.165) is 29.9 Å². The molecule has 0 radical (unpaired) electrons. The molecule has 0 amide bonds. The maximum absolute atomic E-state index is 5.48. The highest BCUT2D eigenvalue weighted by Crippen LogP contribution is 2.39. The molecule has 0 aliphatic heterocycles. The highest BCUT2D eigenvalue weighted by molar-refractivity contribution is 5.53. The Bertz CT molecular complexity index is 551. The van der Waals surface area contributed by atoms with Gasteiger partial charge in [0.25, 0.3) is 0 Å². The van der Waals surface area contributed by atoms with Gasteiger partial charge in [-0.2, -0.15) is 0 Å². The van der Waals surface area contributed by atoms with Crippen LogP contribution in [0.1, 0.15) is 52.5 Å². The molecule has 0 aromatic heterocycles. The van der Waals surface area contributed by atoms with Crippen LogP contribution in [0.25, 0.3) is 0 Å². The lowest BCUT2D eigenvalue weighted by Crippen LogP contribution is -3.00. The quantitative estimate of drug-likeness (QED) is 0.740. The normalized spacial score (nSPS) is 22.9. The molecule has 3 atom stereocenters. The molecule has 150 valence electrons. The Morgan fingerprint density at radius 3 is 2.12 bits per heavy atom. The molecule has 2 rings (SSSR count). The summed E-state index contributed by atoms with van der Waals surface area (Å²) >= 11 is 0. The molecule has 3 unspecified atom stereocenters. The first-order valence-electron chi connectivity index (χ1n) is 9.42. The molecule has 5 heteroatoms. The van der Waals surface area contributed by atoms with Crippen molar-refractivity contribution in [2.75, 3.05) is 21.3 Å². The van der Waals surface area contributed by atoms with Crippen molar-refractivity contribution in [3.8, 4) is 17.2 Å². The van der Waals surface area contributed by atoms with Gasteiger partial charge in [0.2, 0.25) is 5.75 Å². The minimum absolute atomic E-state index is 0. The van der Waals surface area contributed by atoms with Gasteiger partial charge in [-0.15, -0.1) is 0 Å². The minimum atomic E-state index is 0. The zero-order valence-electron chi connectivity index (χ0n) is 17.4. The highest BCUT2D eigenvalue weighted by Gasteiger charge is 2.34. The number of rotatable bonds is 7. The number of ether oxygens (including phenoxy) is 3. The molecule has 4 nitrogen and oxygen atoms in total. The van der Waals surface area contributed by atoms with Gasteiger partial charge in [0, 0.05) is 19.3 Å². The largest absolute Gasteiger partial charge is 1.00 e. The van der Waals surface area contributed by atoms with Crippen LogP contribution in [0.3, 0.4) is 0 Å². The van der Waals surface area contributed by atoms with E-state index in [1.807, 2.05) is 0 Å². The minimum Gasteiger partial charge on any atom is -1.00 e. The number of methoxy groups -OCH3 is 3. The van der Waals surface area contributed by atoms with E-state index in [-0.39, 0.29) is 12.4 Å². The van der Waals surface area contributed by atoms with Crippen molar-refractivity contribution < 1.29 is 31.9 Å². The maximum Gasteiger partial charge on any atom is 0.203 e. The molecule has 1 saturated carbocycles. The molecule has 26 heavy (non-hydrogen) atoms. The van der Waals surface area contributed by atoms with Crippen molar-refractivity contribution in [3.05, 3.63) is 17.7 Å². The van der Waals surface area contributed by atoms with E-state index in [4.69, 9.17) is 14.2 Å². The summed E-state index contributed by atoms with van der Waals surface area (Å²) in [4.78, 5) is 0. The molecular weight excluding hydrogens is 350 g/mol. The van der Waals surface area contributed by atoms with E-state index >= 15 is 0 Å². The second-order valence-corrected chi connectivity index (χ2v) is 8.58. The van der Waals surface area contributed by atoms with Crippen molar-refractivity contribution in [2.45, 2.75) is 65.5 Å². The van der Waals surface area contributed by atoms with Crippen LogP contribution < -0.4 is 31.9 Å². The van der Waals surface area contributed by atoms with Gasteiger partial charge in [0.05, 0.1) is 33.4 Å². The molecule has 0 spiro atoms. The Balaban J connectivity index is 0.00000338. The molecule has 1 fully saturated rings. The smallest absolute Gasteiger partial charge is 0.203 e. The fraction of sp³-hybridized carbons (Fsp3) is 0.714. The molecule has 1 aromatic carbocycles. The molecule has 0 saturated heterocycles. The van der Waals surface area contributed by atoms with E-state index in [2.05, 4.69) is 45.1 Å². The lowest BCUT2D eigenvalue weighted by molar-refractivity contribution is -0.723. The maximum atomic E-state index is 5.48. The molecule has 2 N–H and O–H groups in total. The van der Waals surface area contributed by atoms with Gasteiger partial charge in [0.15, 0.2) is 11.5 Å². The first kappa shape index (κ1) is 22.9. The molecular formula is C21H36ClNO3. The third-order valence-corrected chi connectivity index (χ3v) is 5.30. The SMILES string of the molecule is COc1cc(CC(C)[NH2+]C2CC(C)CC(C)(C)C2)cc(OC)c1OC.[Cl-]. The molecule has 1 aromatic rings. The molecule has 1 aliphatic rings. The van der Waals surface area contributed by atoms with Crippen LogP contribution >= 0.6 is 0 Å². The van der Waals surface area contributed by atoms with E-state index in [9.17, 15) is 0 Å². The Labute approximate surface area is 165 Å². The number of hydrogen-bond donors (Lipinski definition) is 1. The van der Waals surface area contributed by atoms with Crippen LogP contribution in [-0.2, 0) is 6.42 Å². The Morgan fingerprint density at radius 2 is 1.65 bits per heavy atom. The zero-order valence-corrected chi connectivity index (χ0v) is 18.2. The van der Waals surface area contributed by atoms with Crippen LogP contribution in [-0.4, -0.2) is 33.4 Å². The molecule has 0 bridgehead atoms. The summed E-state index contributed by atoms with van der Waals surface area (Å²) in [5.74, 6) is 2.94. The van der Waals surface area contributed by atoms with Crippen LogP contribution in [0.4, 0.5) is 0 Å². The summed E-state index contributed by atoms with van der Waals surface area (Å²) < 4.78 is 16.4. The Kier molecular flexibility index (Phi) is 8.55. The highest BCUT2D eigenvalue weighted by atomic mass is 35.5. The summed E-state index contributed by atoms with van der Waals surface area (Å²) in [6.07, 6.45) is 4.96. The van der Waals surface area contributed by atoms with Crippen molar-refractivity contribution in [1.82, 2.24) is 0 Å². The summed E-state index contributed by atoms with van der Waals surface area (Å²) in [6, 6.07) is 5.38. The lowest BCUT2D eigenvalue weighted by Gasteiger charge is -2.38. The monoisotopic (exact) mass is 385 g/mol. The zero-order chi connectivity index (χ0) is 18.6. The van der Waals surface area contributed by atoms with E-state index < -0.39 is 0 Å². The lowest BCUT2D eigenvalue weighted by atomic mass is 9.70.